The summed E-state index contributed by atoms with van der Waals surface area (Å²) < 4.78 is 15.6. The predicted molar refractivity (Wildman–Crippen MR) is 134 cm³/mol. The van der Waals surface area contributed by atoms with Crippen LogP contribution in [0.1, 0.15) is 18.3 Å². The Morgan fingerprint density at radius 3 is 2.38 bits per heavy atom. The number of anilines is 2. The molecule has 0 N–H and O–H groups in total. The Morgan fingerprint density at radius 2 is 1.71 bits per heavy atom. The zero-order valence-corrected chi connectivity index (χ0v) is 20.2. The molecule has 1 unspecified atom stereocenters. The molecule has 4 aromatic rings. The number of aryl methyl sites for hydroxylation is 2. The molecule has 1 fully saturated rings. The van der Waals surface area contributed by atoms with Crippen LogP contribution in [-0.4, -0.2) is 45.2 Å². The van der Waals surface area contributed by atoms with Gasteiger partial charge in [-0.2, -0.15) is 4.98 Å². The molecule has 0 aliphatic carbocycles. The van der Waals surface area contributed by atoms with E-state index in [4.69, 9.17) is 21.6 Å². The summed E-state index contributed by atoms with van der Waals surface area (Å²) in [6.07, 6.45) is 1.77. The van der Waals surface area contributed by atoms with Gasteiger partial charge in [0.1, 0.15) is 17.5 Å². The van der Waals surface area contributed by atoms with E-state index in [1.54, 1.807) is 18.3 Å². The highest BCUT2D eigenvalue weighted by Gasteiger charge is 2.27. The van der Waals surface area contributed by atoms with Crippen molar-refractivity contribution in [3.8, 4) is 17.2 Å². The number of hydrogen-bond donors (Lipinski definition) is 0. The minimum Gasteiger partial charge on any atom is -0.352 e. The second-order valence-corrected chi connectivity index (χ2v) is 9.07. The molecule has 0 bridgehead atoms. The SMILES string of the molecule is Cc1ccc(C)n1-c1nc(-c2ccc(F)cc2)cc(N2CCN(c3ncccc3Cl)CC2C)n1. The van der Waals surface area contributed by atoms with E-state index in [0.29, 0.717) is 11.0 Å². The van der Waals surface area contributed by atoms with E-state index in [1.165, 1.54) is 12.1 Å². The first-order valence-electron chi connectivity index (χ1n) is 11.3. The molecule has 0 radical (unpaired) electrons. The quantitative estimate of drug-likeness (QED) is 0.392. The van der Waals surface area contributed by atoms with Gasteiger partial charge in [-0.3, -0.25) is 4.57 Å². The van der Waals surface area contributed by atoms with Gasteiger partial charge in [0.25, 0.3) is 0 Å². The van der Waals surface area contributed by atoms with Crippen molar-refractivity contribution in [2.75, 3.05) is 29.4 Å². The second kappa shape index (κ2) is 9.06. The van der Waals surface area contributed by atoms with Crippen LogP contribution in [0.25, 0.3) is 17.2 Å². The molecule has 1 atom stereocenters. The first-order chi connectivity index (χ1) is 16.4. The van der Waals surface area contributed by atoms with Gasteiger partial charge >= 0.3 is 0 Å². The van der Waals surface area contributed by atoms with Crippen molar-refractivity contribution < 1.29 is 4.39 Å². The standard InChI is InChI=1S/C26H26ClFN6/c1-17-6-7-18(2)34(17)26-30-23(20-8-10-21(28)11-9-20)15-24(31-26)33-14-13-32(16-19(33)3)25-22(27)5-4-12-29-25/h4-12,15,19H,13-14,16H2,1-3H3. The number of nitrogens with zero attached hydrogens (tertiary/aromatic N) is 6. The Bertz CT molecular complexity index is 1300. The van der Waals surface area contributed by atoms with Crippen molar-refractivity contribution in [1.29, 1.82) is 0 Å². The van der Waals surface area contributed by atoms with Crippen molar-refractivity contribution in [2.24, 2.45) is 0 Å². The summed E-state index contributed by atoms with van der Waals surface area (Å²) in [5.74, 6) is 1.99. The maximum absolute atomic E-state index is 13.6. The molecular weight excluding hydrogens is 451 g/mol. The molecule has 1 saturated heterocycles. The number of pyridine rings is 1. The van der Waals surface area contributed by atoms with Crippen LogP contribution in [0.4, 0.5) is 16.0 Å². The molecule has 1 aromatic carbocycles. The minimum absolute atomic E-state index is 0.169. The summed E-state index contributed by atoms with van der Waals surface area (Å²) in [6, 6.07) is 16.4. The summed E-state index contributed by atoms with van der Waals surface area (Å²) in [5, 5.41) is 0.657. The first kappa shape index (κ1) is 22.3. The fraction of sp³-hybridized carbons (Fsp3) is 0.269. The molecular formula is C26H26ClFN6. The van der Waals surface area contributed by atoms with Crippen LogP contribution in [0.2, 0.25) is 5.02 Å². The molecule has 174 valence electrons. The number of aromatic nitrogens is 4. The highest BCUT2D eigenvalue weighted by molar-refractivity contribution is 6.32. The van der Waals surface area contributed by atoms with Gasteiger partial charge in [-0.25, -0.2) is 14.4 Å². The van der Waals surface area contributed by atoms with Crippen LogP contribution in [0, 0.1) is 19.7 Å². The maximum Gasteiger partial charge on any atom is 0.236 e. The lowest BCUT2D eigenvalue weighted by molar-refractivity contribution is 0.542. The highest BCUT2D eigenvalue weighted by atomic mass is 35.5. The Balaban J connectivity index is 1.53. The van der Waals surface area contributed by atoms with Crippen molar-refractivity contribution in [3.05, 3.63) is 83.0 Å². The third-order valence-corrected chi connectivity index (χ3v) is 6.57. The number of rotatable bonds is 4. The Kier molecular flexibility index (Phi) is 5.96. The van der Waals surface area contributed by atoms with Crippen LogP contribution in [0.5, 0.6) is 0 Å². The van der Waals surface area contributed by atoms with Crippen LogP contribution < -0.4 is 9.80 Å². The maximum atomic E-state index is 13.6. The van der Waals surface area contributed by atoms with E-state index in [9.17, 15) is 4.39 Å². The largest absolute Gasteiger partial charge is 0.352 e. The molecule has 1 aliphatic heterocycles. The average molecular weight is 477 g/mol. The van der Waals surface area contributed by atoms with Gasteiger partial charge < -0.3 is 9.80 Å². The van der Waals surface area contributed by atoms with Crippen LogP contribution >= 0.6 is 11.6 Å². The number of halogens is 2. The van der Waals surface area contributed by atoms with Gasteiger partial charge in [0.2, 0.25) is 5.95 Å². The van der Waals surface area contributed by atoms with Gasteiger partial charge in [0.05, 0.1) is 10.7 Å². The van der Waals surface area contributed by atoms with E-state index < -0.39 is 0 Å². The van der Waals surface area contributed by atoms with Crippen LogP contribution in [-0.2, 0) is 0 Å². The lowest BCUT2D eigenvalue weighted by Crippen LogP contribution is -2.52. The Labute approximate surface area is 203 Å². The first-order valence-corrected chi connectivity index (χ1v) is 11.7. The topological polar surface area (TPSA) is 50.1 Å². The highest BCUT2D eigenvalue weighted by Crippen LogP contribution is 2.29. The normalized spacial score (nSPS) is 16.2. The van der Waals surface area contributed by atoms with E-state index >= 15 is 0 Å². The molecule has 5 rings (SSSR count). The molecule has 0 saturated carbocycles. The lowest BCUT2D eigenvalue weighted by Gasteiger charge is -2.41. The van der Waals surface area contributed by atoms with E-state index in [1.807, 2.05) is 36.6 Å². The van der Waals surface area contributed by atoms with Gasteiger partial charge in [0, 0.05) is 54.9 Å². The second-order valence-electron chi connectivity index (χ2n) is 8.67. The van der Waals surface area contributed by atoms with E-state index in [0.717, 1.165) is 53.9 Å². The smallest absolute Gasteiger partial charge is 0.236 e. The zero-order valence-electron chi connectivity index (χ0n) is 19.4. The van der Waals surface area contributed by atoms with Gasteiger partial charge in [-0.1, -0.05) is 11.6 Å². The predicted octanol–water partition coefficient (Wildman–Crippen LogP) is 5.45. The number of benzene rings is 1. The summed E-state index contributed by atoms with van der Waals surface area (Å²) in [7, 11) is 0. The number of piperazine rings is 1. The summed E-state index contributed by atoms with van der Waals surface area (Å²) in [5.41, 5.74) is 3.72. The summed E-state index contributed by atoms with van der Waals surface area (Å²) in [6.45, 7) is 8.56. The Morgan fingerprint density at radius 1 is 0.971 bits per heavy atom. The molecule has 3 aromatic heterocycles. The fourth-order valence-corrected chi connectivity index (χ4v) is 4.76. The Hall–Kier alpha value is -3.45. The zero-order chi connectivity index (χ0) is 23.8. The minimum atomic E-state index is -0.270. The molecule has 0 spiro atoms. The van der Waals surface area contributed by atoms with E-state index in [-0.39, 0.29) is 11.9 Å². The van der Waals surface area contributed by atoms with Crippen molar-refractivity contribution in [3.63, 3.8) is 0 Å². The van der Waals surface area contributed by atoms with Crippen LogP contribution in [0.3, 0.4) is 0 Å². The molecule has 4 heterocycles. The van der Waals surface area contributed by atoms with Gasteiger partial charge in [0.15, 0.2) is 0 Å². The molecule has 8 heteroatoms. The third-order valence-electron chi connectivity index (χ3n) is 6.27. The molecule has 6 nitrogen and oxygen atoms in total. The summed E-state index contributed by atoms with van der Waals surface area (Å²) in [4.78, 5) is 18.8. The lowest BCUT2D eigenvalue weighted by atomic mass is 10.1. The van der Waals surface area contributed by atoms with E-state index in [2.05, 4.69) is 33.8 Å². The van der Waals surface area contributed by atoms with Crippen LogP contribution in [0.15, 0.2) is 60.8 Å². The van der Waals surface area contributed by atoms with Crippen molar-refractivity contribution in [1.82, 2.24) is 19.5 Å². The van der Waals surface area contributed by atoms with Crippen molar-refractivity contribution in [2.45, 2.75) is 26.8 Å². The third kappa shape index (κ3) is 4.23. The van der Waals surface area contributed by atoms with Gasteiger partial charge in [-0.05, 0) is 69.3 Å². The molecule has 34 heavy (non-hydrogen) atoms. The molecule has 0 amide bonds. The summed E-state index contributed by atoms with van der Waals surface area (Å²) >= 11 is 6.40. The van der Waals surface area contributed by atoms with Crippen molar-refractivity contribution >= 4 is 23.2 Å². The van der Waals surface area contributed by atoms with Gasteiger partial charge in [-0.15, -0.1) is 0 Å². The monoisotopic (exact) mass is 476 g/mol. The average Bonchev–Trinajstić information content (AvgIpc) is 3.17. The molecule has 1 aliphatic rings. The number of hydrogen-bond acceptors (Lipinski definition) is 5. The fourth-order valence-electron chi connectivity index (χ4n) is 4.52.